The van der Waals surface area contributed by atoms with Crippen LogP contribution in [0, 0.1) is 5.92 Å². The van der Waals surface area contributed by atoms with E-state index < -0.39 is 0 Å². The monoisotopic (exact) mass is 368 g/mol. The number of rotatable bonds is 4. The number of hydrogen-bond donors (Lipinski definition) is 0. The molecule has 1 aliphatic heterocycles. The van der Waals surface area contributed by atoms with Gasteiger partial charge >= 0.3 is 0 Å². The molecule has 1 fully saturated rings. The zero-order chi connectivity index (χ0) is 18.8. The smallest absolute Gasteiger partial charge is 0.273 e. The molecule has 0 aromatic carbocycles. The Morgan fingerprint density at radius 1 is 1.15 bits per heavy atom. The van der Waals surface area contributed by atoms with Crippen LogP contribution in [0.15, 0.2) is 18.6 Å². The molecule has 4 rings (SSSR count). The maximum absolute atomic E-state index is 12.1. The van der Waals surface area contributed by atoms with Gasteiger partial charge in [0.1, 0.15) is 11.5 Å². The van der Waals surface area contributed by atoms with Gasteiger partial charge in [-0.05, 0) is 18.8 Å². The quantitative estimate of drug-likeness (QED) is 0.777. The molecule has 0 atom stereocenters. The average molecular weight is 368 g/mol. The second-order valence-corrected chi connectivity index (χ2v) is 8.00. The van der Waals surface area contributed by atoms with Gasteiger partial charge < -0.3 is 9.80 Å². The Balaban J connectivity index is 1.42. The number of anilines is 1. The Morgan fingerprint density at radius 2 is 1.93 bits per heavy atom. The Morgan fingerprint density at radius 3 is 2.63 bits per heavy atom. The van der Waals surface area contributed by atoms with Crippen molar-refractivity contribution in [3.8, 4) is 0 Å². The summed E-state index contributed by atoms with van der Waals surface area (Å²) in [7, 11) is 3.44. The van der Waals surface area contributed by atoms with Crippen molar-refractivity contribution < 1.29 is 4.79 Å². The fourth-order valence-corrected chi connectivity index (χ4v) is 4.12. The number of nitrogens with zero attached hydrogens (tertiary/aromatic N) is 6. The van der Waals surface area contributed by atoms with Gasteiger partial charge in [0.2, 0.25) is 0 Å². The maximum Gasteiger partial charge on any atom is 0.273 e. The number of amides is 1. The van der Waals surface area contributed by atoms with Crippen LogP contribution in [0.4, 0.5) is 5.82 Å². The zero-order valence-electron chi connectivity index (χ0n) is 16.3. The topological polar surface area (TPSA) is 67.2 Å². The fourth-order valence-electron chi connectivity index (χ4n) is 4.12. The van der Waals surface area contributed by atoms with Gasteiger partial charge in [0.05, 0.1) is 24.6 Å². The number of carbonyl (C=O) groups is 1. The Kier molecular flexibility index (Phi) is 5.09. The highest BCUT2D eigenvalue weighted by atomic mass is 16.2. The lowest BCUT2D eigenvalue weighted by Crippen LogP contribution is -2.25. The highest BCUT2D eigenvalue weighted by molar-refractivity contribution is 5.91. The second kappa shape index (κ2) is 7.66. The third-order valence-corrected chi connectivity index (χ3v) is 5.62. The summed E-state index contributed by atoms with van der Waals surface area (Å²) in [5, 5.41) is 4.83. The first-order valence-electron chi connectivity index (χ1n) is 9.94. The van der Waals surface area contributed by atoms with Crippen LogP contribution in [-0.2, 0) is 19.6 Å². The lowest BCUT2D eigenvalue weighted by Gasteiger charge is -2.18. The molecule has 0 saturated heterocycles. The molecule has 0 spiro atoms. The number of fused-ring (bicyclic) bond motifs is 1. The summed E-state index contributed by atoms with van der Waals surface area (Å²) >= 11 is 0. The molecule has 0 bridgehead atoms. The van der Waals surface area contributed by atoms with Crippen molar-refractivity contribution in [2.45, 2.75) is 58.2 Å². The molecular weight excluding hydrogens is 340 g/mol. The highest BCUT2D eigenvalue weighted by Gasteiger charge is 2.25. The normalized spacial score (nSPS) is 17.6. The van der Waals surface area contributed by atoms with Crippen LogP contribution in [0.25, 0.3) is 0 Å². The van der Waals surface area contributed by atoms with Gasteiger partial charge in [-0.1, -0.05) is 25.7 Å². The molecule has 1 saturated carbocycles. The summed E-state index contributed by atoms with van der Waals surface area (Å²) in [6.07, 6.45) is 13.6. The summed E-state index contributed by atoms with van der Waals surface area (Å²) in [6, 6.07) is 0. The third kappa shape index (κ3) is 3.96. The van der Waals surface area contributed by atoms with E-state index in [4.69, 9.17) is 5.10 Å². The lowest BCUT2D eigenvalue weighted by atomic mass is 10.0. The van der Waals surface area contributed by atoms with Gasteiger partial charge in [0.15, 0.2) is 0 Å². The molecule has 1 amide bonds. The number of carbonyl (C=O) groups excluding carboxylic acids is 1. The minimum absolute atomic E-state index is 0.130. The minimum atomic E-state index is -0.130. The standard InChI is InChI=1S/C20H28N6O/c1-24(2)20(27)17-9-21-10-19(22-17)25-12-16-13-26(23-18(16)14-25)11-15-7-5-3-4-6-8-15/h9-10,13,15H,3-8,11-12,14H2,1-2H3. The van der Waals surface area contributed by atoms with Crippen molar-refractivity contribution in [1.82, 2.24) is 24.6 Å². The maximum atomic E-state index is 12.1. The molecular formula is C20H28N6O. The summed E-state index contributed by atoms with van der Waals surface area (Å²) in [4.78, 5) is 24.5. The molecule has 1 aliphatic carbocycles. The summed E-state index contributed by atoms with van der Waals surface area (Å²) in [6.45, 7) is 2.54. The van der Waals surface area contributed by atoms with Crippen molar-refractivity contribution in [1.29, 1.82) is 0 Å². The summed E-state index contributed by atoms with van der Waals surface area (Å²) < 4.78 is 2.15. The van der Waals surface area contributed by atoms with Crippen LogP contribution in [0.1, 0.15) is 60.3 Å². The molecule has 27 heavy (non-hydrogen) atoms. The van der Waals surface area contributed by atoms with E-state index in [-0.39, 0.29) is 5.91 Å². The SMILES string of the molecule is CN(C)C(=O)c1cncc(N2Cc3cn(CC4CCCCCC4)nc3C2)n1. The molecule has 3 heterocycles. The van der Waals surface area contributed by atoms with Crippen LogP contribution in [0.3, 0.4) is 0 Å². The van der Waals surface area contributed by atoms with Crippen LogP contribution in [0.2, 0.25) is 0 Å². The predicted octanol–water partition coefficient (Wildman–Crippen LogP) is 2.87. The van der Waals surface area contributed by atoms with Gasteiger partial charge in [-0.25, -0.2) is 4.98 Å². The Labute approximate surface area is 160 Å². The van der Waals surface area contributed by atoms with Gasteiger partial charge in [0.25, 0.3) is 5.91 Å². The third-order valence-electron chi connectivity index (χ3n) is 5.62. The average Bonchev–Trinajstić information content (AvgIpc) is 3.11. The van der Waals surface area contributed by atoms with Crippen molar-refractivity contribution >= 4 is 11.7 Å². The minimum Gasteiger partial charge on any atom is -0.345 e. The van der Waals surface area contributed by atoms with Crippen molar-refractivity contribution in [3.63, 3.8) is 0 Å². The molecule has 0 N–H and O–H groups in total. The zero-order valence-corrected chi connectivity index (χ0v) is 16.3. The van der Waals surface area contributed by atoms with E-state index in [0.29, 0.717) is 5.69 Å². The Bertz CT molecular complexity index is 783. The summed E-state index contributed by atoms with van der Waals surface area (Å²) in [5.41, 5.74) is 2.75. The van der Waals surface area contributed by atoms with Crippen LogP contribution < -0.4 is 4.90 Å². The molecule has 144 valence electrons. The first-order valence-corrected chi connectivity index (χ1v) is 9.94. The molecule has 7 nitrogen and oxygen atoms in total. The van der Waals surface area contributed by atoms with Crippen LogP contribution >= 0.6 is 0 Å². The van der Waals surface area contributed by atoms with Gasteiger partial charge in [-0.3, -0.25) is 14.5 Å². The molecule has 7 heteroatoms. The molecule has 0 radical (unpaired) electrons. The number of hydrogen-bond acceptors (Lipinski definition) is 5. The van der Waals surface area contributed by atoms with E-state index in [1.54, 1.807) is 20.3 Å². The highest BCUT2D eigenvalue weighted by Crippen LogP contribution is 2.28. The molecule has 2 aromatic heterocycles. The molecule has 2 aliphatic rings. The number of aromatic nitrogens is 4. The van der Waals surface area contributed by atoms with Crippen LogP contribution in [0.5, 0.6) is 0 Å². The summed E-state index contributed by atoms with van der Waals surface area (Å²) in [5.74, 6) is 1.37. The van der Waals surface area contributed by atoms with E-state index in [1.807, 2.05) is 0 Å². The van der Waals surface area contributed by atoms with E-state index in [9.17, 15) is 4.79 Å². The fraction of sp³-hybridized carbons (Fsp3) is 0.600. The predicted molar refractivity (Wildman–Crippen MR) is 103 cm³/mol. The van der Waals surface area contributed by atoms with Gasteiger partial charge in [0, 0.05) is 38.9 Å². The van der Waals surface area contributed by atoms with Crippen molar-refractivity contribution in [3.05, 3.63) is 35.5 Å². The van der Waals surface area contributed by atoms with Gasteiger partial charge in [-0.15, -0.1) is 0 Å². The second-order valence-electron chi connectivity index (χ2n) is 8.00. The van der Waals surface area contributed by atoms with E-state index in [0.717, 1.165) is 37.1 Å². The van der Waals surface area contributed by atoms with E-state index >= 15 is 0 Å². The molecule has 2 aromatic rings. The molecule has 0 unspecified atom stereocenters. The van der Waals surface area contributed by atoms with Crippen molar-refractivity contribution in [2.24, 2.45) is 5.92 Å². The Hall–Kier alpha value is -2.44. The van der Waals surface area contributed by atoms with Crippen molar-refractivity contribution in [2.75, 3.05) is 19.0 Å². The largest absolute Gasteiger partial charge is 0.345 e. The van der Waals surface area contributed by atoms with Gasteiger partial charge in [-0.2, -0.15) is 5.10 Å². The first-order chi connectivity index (χ1) is 13.1. The van der Waals surface area contributed by atoms with Crippen LogP contribution in [-0.4, -0.2) is 44.7 Å². The first kappa shape index (κ1) is 17.9. The lowest BCUT2D eigenvalue weighted by molar-refractivity contribution is 0.0821. The van der Waals surface area contributed by atoms with E-state index in [1.165, 1.54) is 55.2 Å². The van der Waals surface area contributed by atoms with E-state index in [2.05, 4.69) is 25.7 Å².